The highest BCUT2D eigenvalue weighted by atomic mass is 19.4. The van der Waals surface area contributed by atoms with Crippen molar-refractivity contribution in [1.29, 1.82) is 0 Å². The molecule has 1 aliphatic heterocycles. The van der Waals surface area contributed by atoms with Crippen LogP contribution in [0, 0.1) is 19.8 Å². The van der Waals surface area contributed by atoms with Crippen LogP contribution in [0.15, 0.2) is 48.8 Å². The second-order valence-corrected chi connectivity index (χ2v) is 9.44. The Hall–Kier alpha value is -3.49. The van der Waals surface area contributed by atoms with Gasteiger partial charge in [-0.3, -0.25) is 14.8 Å². The predicted molar refractivity (Wildman–Crippen MR) is 123 cm³/mol. The lowest BCUT2D eigenvalue weighted by Crippen LogP contribution is -2.52. The van der Waals surface area contributed by atoms with Crippen molar-refractivity contribution in [3.8, 4) is 17.3 Å². The molecule has 5 rings (SSSR count). The first kappa shape index (κ1) is 23.3. The number of aryl methyl sites for hydroxylation is 2. The number of fused-ring (bicyclic) bond motifs is 2. The number of carbonyl (C=O) groups is 1. The maximum absolute atomic E-state index is 13.9. The van der Waals surface area contributed by atoms with Gasteiger partial charge in [0.1, 0.15) is 12.3 Å². The number of alkyl halides is 3. The first-order valence-corrected chi connectivity index (χ1v) is 11.5. The molecule has 2 atom stereocenters. The van der Waals surface area contributed by atoms with Gasteiger partial charge in [-0.15, -0.1) is 0 Å². The molecule has 3 aromatic rings. The zero-order valence-electron chi connectivity index (χ0n) is 19.5. The van der Waals surface area contributed by atoms with E-state index in [2.05, 4.69) is 15.0 Å². The standard InChI is InChI=1S/C26H25F3N4O2/c1-16-4-3-11-30-22(16)23-20(7-5-17(2)32-23)24(34)33-14-18-9-10-25(33,12-18)15-35-21-8-6-19(13-31-21)26(27,28)29/h3-8,11,13,18H,9-10,12,14-15H2,1-2H3. The van der Waals surface area contributed by atoms with Crippen molar-refractivity contribution in [2.45, 2.75) is 44.8 Å². The third-order valence-electron chi connectivity index (χ3n) is 7.00. The number of hydrogen-bond donors (Lipinski definition) is 0. The monoisotopic (exact) mass is 482 g/mol. The third kappa shape index (κ3) is 4.35. The van der Waals surface area contributed by atoms with Gasteiger partial charge < -0.3 is 9.64 Å². The Balaban J connectivity index is 1.41. The number of piperidine rings is 1. The molecule has 35 heavy (non-hydrogen) atoms. The van der Waals surface area contributed by atoms with Crippen LogP contribution in [0.4, 0.5) is 13.2 Å². The number of halogens is 3. The molecule has 2 bridgehead atoms. The highest BCUT2D eigenvalue weighted by molar-refractivity contribution is 6.00. The highest BCUT2D eigenvalue weighted by Crippen LogP contribution is 2.47. The molecule has 6 nitrogen and oxygen atoms in total. The summed E-state index contributed by atoms with van der Waals surface area (Å²) in [5.41, 5.74) is 2.06. The first-order chi connectivity index (χ1) is 16.7. The largest absolute Gasteiger partial charge is 0.475 e. The second-order valence-electron chi connectivity index (χ2n) is 9.44. The molecular weight excluding hydrogens is 457 g/mol. The molecule has 2 aliphatic rings. The van der Waals surface area contributed by atoms with E-state index >= 15 is 0 Å². The molecule has 2 fully saturated rings. The molecule has 0 spiro atoms. The molecule has 9 heteroatoms. The van der Waals surface area contributed by atoms with E-state index in [0.717, 1.165) is 42.8 Å². The molecular formula is C26H25F3N4O2. The number of carbonyl (C=O) groups excluding carboxylic acids is 1. The van der Waals surface area contributed by atoms with Crippen molar-refractivity contribution in [3.63, 3.8) is 0 Å². The number of amides is 1. The van der Waals surface area contributed by atoms with Gasteiger partial charge >= 0.3 is 6.18 Å². The number of rotatable bonds is 5. The molecule has 3 aromatic heterocycles. The lowest BCUT2D eigenvalue weighted by atomic mass is 9.96. The Morgan fingerprint density at radius 1 is 1.14 bits per heavy atom. The van der Waals surface area contributed by atoms with E-state index in [4.69, 9.17) is 4.74 Å². The van der Waals surface area contributed by atoms with E-state index in [1.807, 2.05) is 36.9 Å². The SMILES string of the molecule is Cc1ccc(C(=O)N2CC3CCC2(COc2ccc(C(F)(F)F)cn2)C3)c(-c2ncccc2C)n1. The molecule has 1 saturated heterocycles. The van der Waals surface area contributed by atoms with Gasteiger partial charge in [0.15, 0.2) is 0 Å². The quantitative estimate of drug-likeness (QED) is 0.497. The first-order valence-electron chi connectivity index (χ1n) is 11.5. The smallest absolute Gasteiger partial charge is 0.417 e. The van der Waals surface area contributed by atoms with E-state index < -0.39 is 17.3 Å². The van der Waals surface area contributed by atoms with E-state index in [-0.39, 0.29) is 18.4 Å². The minimum atomic E-state index is -4.46. The van der Waals surface area contributed by atoms with Crippen molar-refractivity contribution < 1.29 is 22.7 Å². The Morgan fingerprint density at radius 3 is 2.66 bits per heavy atom. The number of hydrogen-bond acceptors (Lipinski definition) is 5. The number of aromatic nitrogens is 3. The summed E-state index contributed by atoms with van der Waals surface area (Å²) in [5, 5.41) is 0. The number of pyridine rings is 3. The van der Waals surface area contributed by atoms with Crippen LogP contribution < -0.4 is 4.74 Å². The molecule has 4 heterocycles. The van der Waals surface area contributed by atoms with Crippen molar-refractivity contribution in [2.24, 2.45) is 5.92 Å². The number of likely N-dealkylation sites (tertiary alicyclic amines) is 1. The average molecular weight is 483 g/mol. The van der Waals surface area contributed by atoms with Gasteiger partial charge in [-0.2, -0.15) is 13.2 Å². The molecule has 1 aliphatic carbocycles. The van der Waals surface area contributed by atoms with Gasteiger partial charge in [-0.25, -0.2) is 4.98 Å². The van der Waals surface area contributed by atoms with Gasteiger partial charge in [0.2, 0.25) is 5.88 Å². The predicted octanol–water partition coefficient (Wildman–Crippen LogP) is 5.25. The number of ether oxygens (including phenoxy) is 1. The third-order valence-corrected chi connectivity index (χ3v) is 7.00. The maximum atomic E-state index is 13.9. The Labute approximate surface area is 201 Å². The molecule has 1 amide bonds. The van der Waals surface area contributed by atoms with Crippen LogP contribution in [0.1, 0.15) is 46.4 Å². The van der Waals surface area contributed by atoms with E-state index in [1.54, 1.807) is 12.3 Å². The van der Waals surface area contributed by atoms with E-state index in [0.29, 0.717) is 29.4 Å². The average Bonchev–Trinajstić information content (AvgIpc) is 3.41. The summed E-state index contributed by atoms with van der Waals surface area (Å²) in [5.74, 6) is 0.335. The lowest BCUT2D eigenvalue weighted by molar-refractivity contribution is -0.137. The summed E-state index contributed by atoms with van der Waals surface area (Å²) < 4.78 is 44.4. The zero-order valence-corrected chi connectivity index (χ0v) is 19.5. The van der Waals surface area contributed by atoms with Crippen LogP contribution in [0.2, 0.25) is 0 Å². The highest BCUT2D eigenvalue weighted by Gasteiger charge is 2.53. The van der Waals surface area contributed by atoms with Gasteiger partial charge in [-0.05, 0) is 68.9 Å². The minimum Gasteiger partial charge on any atom is -0.475 e. The van der Waals surface area contributed by atoms with Gasteiger partial charge in [0, 0.05) is 30.7 Å². The van der Waals surface area contributed by atoms with Gasteiger partial charge in [0.25, 0.3) is 5.91 Å². The van der Waals surface area contributed by atoms with Crippen LogP contribution in [0.25, 0.3) is 11.4 Å². The van der Waals surface area contributed by atoms with Gasteiger partial charge in [-0.1, -0.05) is 6.07 Å². The summed E-state index contributed by atoms with van der Waals surface area (Å²) >= 11 is 0. The molecule has 2 unspecified atom stereocenters. The summed E-state index contributed by atoms with van der Waals surface area (Å²) in [6.07, 6.45) is 0.527. The molecule has 182 valence electrons. The topological polar surface area (TPSA) is 68.2 Å². The molecule has 1 saturated carbocycles. The summed E-state index contributed by atoms with van der Waals surface area (Å²) in [6, 6.07) is 9.57. The van der Waals surface area contributed by atoms with Crippen molar-refractivity contribution in [2.75, 3.05) is 13.2 Å². The molecule has 0 N–H and O–H groups in total. The van der Waals surface area contributed by atoms with Crippen LogP contribution in [-0.4, -0.2) is 44.4 Å². The number of nitrogens with zero attached hydrogens (tertiary/aromatic N) is 4. The second kappa shape index (κ2) is 8.62. The van der Waals surface area contributed by atoms with E-state index in [1.165, 1.54) is 6.07 Å². The van der Waals surface area contributed by atoms with Crippen molar-refractivity contribution >= 4 is 5.91 Å². The Bertz CT molecular complexity index is 1260. The lowest BCUT2D eigenvalue weighted by Gasteiger charge is -2.38. The Kier molecular flexibility index (Phi) is 5.73. The summed E-state index contributed by atoms with van der Waals surface area (Å²) in [6.45, 7) is 4.59. The Morgan fingerprint density at radius 2 is 1.97 bits per heavy atom. The summed E-state index contributed by atoms with van der Waals surface area (Å²) in [4.78, 5) is 28.7. The zero-order chi connectivity index (χ0) is 24.8. The summed E-state index contributed by atoms with van der Waals surface area (Å²) in [7, 11) is 0. The van der Waals surface area contributed by atoms with Crippen LogP contribution >= 0.6 is 0 Å². The van der Waals surface area contributed by atoms with Crippen molar-refractivity contribution in [1.82, 2.24) is 19.9 Å². The maximum Gasteiger partial charge on any atom is 0.417 e. The van der Waals surface area contributed by atoms with Crippen molar-refractivity contribution in [3.05, 3.63) is 71.2 Å². The molecule has 0 aromatic carbocycles. The van der Waals surface area contributed by atoms with Gasteiger partial charge in [0.05, 0.1) is 22.4 Å². The minimum absolute atomic E-state index is 0.108. The fourth-order valence-corrected chi connectivity index (χ4v) is 5.20. The fourth-order valence-electron chi connectivity index (χ4n) is 5.20. The fraction of sp³-hybridized carbons (Fsp3) is 0.385. The van der Waals surface area contributed by atoms with Crippen LogP contribution in [0.3, 0.4) is 0 Å². The molecule has 0 radical (unpaired) electrons. The normalized spacial score (nSPS) is 21.4. The van der Waals surface area contributed by atoms with Crippen LogP contribution in [0.5, 0.6) is 5.88 Å². The van der Waals surface area contributed by atoms with E-state index in [9.17, 15) is 18.0 Å². The van der Waals surface area contributed by atoms with Crippen LogP contribution in [-0.2, 0) is 6.18 Å².